The number of anilines is 1. The summed E-state index contributed by atoms with van der Waals surface area (Å²) in [5, 5.41) is 11.6. The van der Waals surface area contributed by atoms with E-state index in [1.54, 1.807) is 37.4 Å². The Hall–Kier alpha value is -3.97. The van der Waals surface area contributed by atoms with E-state index in [9.17, 15) is 14.7 Å². The number of aliphatic hydroxyl groups excluding tert-OH is 1. The van der Waals surface area contributed by atoms with Crippen molar-refractivity contribution in [3.63, 3.8) is 0 Å². The predicted molar refractivity (Wildman–Crippen MR) is 133 cm³/mol. The van der Waals surface area contributed by atoms with Crippen LogP contribution in [0.15, 0.2) is 72.3 Å². The number of carbonyl (C=O) groups excluding carboxylic acids is 2. The topological polar surface area (TPSA) is 79.7 Å². The largest absolute Gasteiger partial charge is 0.507 e. The Bertz CT molecular complexity index is 1470. The number of Topliss-reactive ketones (excluding diaryl/α,β-unsaturated/α-hetero) is 1. The summed E-state index contributed by atoms with van der Waals surface area (Å²) in [4.78, 5) is 32.7. The molecule has 0 aliphatic carbocycles. The van der Waals surface area contributed by atoms with E-state index >= 15 is 0 Å². The van der Waals surface area contributed by atoms with Gasteiger partial charge in [0, 0.05) is 5.56 Å². The van der Waals surface area contributed by atoms with Crippen molar-refractivity contribution in [2.75, 3.05) is 12.0 Å². The van der Waals surface area contributed by atoms with Crippen molar-refractivity contribution >= 4 is 44.1 Å². The molecule has 1 aromatic heterocycles. The number of nitrogens with zero attached hydrogens (tertiary/aromatic N) is 2. The molecule has 4 aromatic rings. The molecule has 2 heterocycles. The molecule has 5 rings (SSSR count). The number of aliphatic hydroxyl groups is 1. The number of ether oxygens (including phenoxy) is 1. The number of methoxy groups -OCH3 is 1. The van der Waals surface area contributed by atoms with Crippen molar-refractivity contribution in [3.8, 4) is 5.75 Å². The average Bonchev–Trinajstić information content (AvgIpc) is 3.37. The van der Waals surface area contributed by atoms with Gasteiger partial charge >= 0.3 is 5.91 Å². The summed E-state index contributed by atoms with van der Waals surface area (Å²) in [5.74, 6) is -1.11. The van der Waals surface area contributed by atoms with Crippen LogP contribution in [0.3, 0.4) is 0 Å². The number of fused-ring (bicyclic) bond motifs is 1. The summed E-state index contributed by atoms with van der Waals surface area (Å²) < 4.78 is 6.30. The Morgan fingerprint density at radius 2 is 1.74 bits per heavy atom. The van der Waals surface area contributed by atoms with Gasteiger partial charge in [0.1, 0.15) is 11.5 Å². The number of benzene rings is 3. The maximum absolute atomic E-state index is 13.4. The zero-order chi connectivity index (χ0) is 24.0. The van der Waals surface area contributed by atoms with E-state index in [1.165, 1.54) is 16.2 Å². The van der Waals surface area contributed by atoms with Crippen LogP contribution in [0, 0.1) is 13.8 Å². The quantitative estimate of drug-likeness (QED) is 0.240. The number of thiazole rings is 1. The molecule has 1 saturated heterocycles. The second-order valence-corrected chi connectivity index (χ2v) is 9.29. The van der Waals surface area contributed by atoms with E-state index in [-0.39, 0.29) is 11.3 Å². The predicted octanol–water partition coefficient (Wildman–Crippen LogP) is 5.55. The monoisotopic (exact) mass is 470 g/mol. The van der Waals surface area contributed by atoms with Gasteiger partial charge in [-0.25, -0.2) is 4.98 Å². The molecule has 1 fully saturated rings. The highest BCUT2D eigenvalue weighted by Crippen LogP contribution is 2.44. The normalized spacial score (nSPS) is 17.5. The molecule has 0 saturated carbocycles. The van der Waals surface area contributed by atoms with Crippen LogP contribution >= 0.6 is 11.3 Å². The van der Waals surface area contributed by atoms with Gasteiger partial charge in [-0.3, -0.25) is 14.5 Å². The Morgan fingerprint density at radius 3 is 2.47 bits per heavy atom. The number of hydrogen-bond acceptors (Lipinski definition) is 6. The van der Waals surface area contributed by atoms with Gasteiger partial charge in [0.15, 0.2) is 5.13 Å². The van der Waals surface area contributed by atoms with E-state index in [0.29, 0.717) is 22.0 Å². The molecule has 0 bridgehead atoms. The van der Waals surface area contributed by atoms with Gasteiger partial charge in [0.25, 0.3) is 5.78 Å². The SMILES string of the molecule is COc1cccc(C2/C(=C(\O)c3ccc(C)cc3)C(=O)C(=O)N2c2nc3ccc(C)cc3s2)c1. The zero-order valence-corrected chi connectivity index (χ0v) is 19.7. The van der Waals surface area contributed by atoms with Gasteiger partial charge in [-0.1, -0.05) is 59.4 Å². The first-order chi connectivity index (χ1) is 16.4. The number of ketones is 1. The number of carbonyl (C=O) groups is 2. The molecule has 1 amide bonds. The van der Waals surface area contributed by atoms with E-state index in [0.717, 1.165) is 21.3 Å². The maximum Gasteiger partial charge on any atom is 0.301 e. The fourth-order valence-corrected chi connectivity index (χ4v) is 5.24. The summed E-state index contributed by atoms with van der Waals surface area (Å²) >= 11 is 1.34. The van der Waals surface area contributed by atoms with Gasteiger partial charge in [0.05, 0.1) is 28.9 Å². The van der Waals surface area contributed by atoms with Crippen molar-refractivity contribution < 1.29 is 19.4 Å². The number of hydrogen-bond donors (Lipinski definition) is 1. The van der Waals surface area contributed by atoms with Crippen LogP contribution in [0.1, 0.15) is 28.3 Å². The van der Waals surface area contributed by atoms with Crippen molar-refractivity contribution in [1.82, 2.24) is 4.98 Å². The lowest BCUT2D eigenvalue weighted by Gasteiger charge is -2.23. The van der Waals surface area contributed by atoms with E-state index in [2.05, 4.69) is 4.98 Å². The third-order valence-electron chi connectivity index (χ3n) is 5.92. The lowest BCUT2D eigenvalue weighted by atomic mass is 9.95. The number of aromatic nitrogens is 1. The molecule has 1 aliphatic rings. The minimum absolute atomic E-state index is 0.0255. The summed E-state index contributed by atoms with van der Waals surface area (Å²) in [6, 6.07) is 19.3. The zero-order valence-electron chi connectivity index (χ0n) is 18.9. The van der Waals surface area contributed by atoms with E-state index in [4.69, 9.17) is 4.74 Å². The molecule has 34 heavy (non-hydrogen) atoms. The summed E-state index contributed by atoms with van der Waals surface area (Å²) in [6.45, 7) is 3.93. The van der Waals surface area contributed by atoms with Crippen molar-refractivity contribution in [2.24, 2.45) is 0 Å². The van der Waals surface area contributed by atoms with Gasteiger partial charge in [-0.05, 0) is 49.2 Å². The molecule has 6 nitrogen and oxygen atoms in total. The highest BCUT2D eigenvalue weighted by Gasteiger charge is 2.48. The molecule has 7 heteroatoms. The van der Waals surface area contributed by atoms with Gasteiger partial charge in [0.2, 0.25) is 0 Å². The van der Waals surface area contributed by atoms with Crippen LogP contribution in [0.25, 0.3) is 16.0 Å². The molecule has 0 radical (unpaired) electrons. The molecule has 1 N–H and O–H groups in total. The third kappa shape index (κ3) is 3.64. The molecule has 0 spiro atoms. The smallest absolute Gasteiger partial charge is 0.301 e. The fraction of sp³-hybridized carbons (Fsp3) is 0.148. The Balaban J connectivity index is 1.74. The standard InChI is InChI=1S/C27H22N2O4S/c1-15-7-10-17(11-8-15)24(30)22-23(18-5-4-6-19(14-18)33-3)29(26(32)25(22)31)27-28-20-12-9-16(2)13-21(20)34-27/h4-14,23,30H,1-3H3/b24-22+. The average molecular weight is 471 g/mol. The second-order valence-electron chi connectivity index (χ2n) is 8.28. The molecule has 3 aromatic carbocycles. The first-order valence-corrected chi connectivity index (χ1v) is 11.6. The lowest BCUT2D eigenvalue weighted by molar-refractivity contribution is -0.132. The molecular formula is C27H22N2O4S. The Labute approximate surface area is 200 Å². The summed E-state index contributed by atoms with van der Waals surface area (Å²) in [5.41, 5.74) is 3.98. The van der Waals surface area contributed by atoms with Gasteiger partial charge in [-0.2, -0.15) is 0 Å². The van der Waals surface area contributed by atoms with Crippen molar-refractivity contribution in [3.05, 3.63) is 94.6 Å². The van der Waals surface area contributed by atoms with Crippen LogP contribution < -0.4 is 9.64 Å². The molecule has 170 valence electrons. The highest BCUT2D eigenvalue weighted by atomic mass is 32.1. The maximum atomic E-state index is 13.4. The van der Waals surface area contributed by atoms with Crippen LogP contribution in [0.4, 0.5) is 5.13 Å². The van der Waals surface area contributed by atoms with Crippen molar-refractivity contribution in [1.29, 1.82) is 0 Å². The number of aryl methyl sites for hydroxylation is 2. The summed E-state index contributed by atoms with van der Waals surface area (Å²) in [7, 11) is 1.55. The van der Waals surface area contributed by atoms with Crippen LogP contribution in [0.5, 0.6) is 5.75 Å². The number of amides is 1. The third-order valence-corrected chi connectivity index (χ3v) is 6.94. The summed E-state index contributed by atoms with van der Waals surface area (Å²) in [6.07, 6.45) is 0. The minimum atomic E-state index is -0.849. The van der Waals surface area contributed by atoms with E-state index in [1.807, 2.05) is 50.2 Å². The van der Waals surface area contributed by atoms with Crippen LogP contribution in [-0.4, -0.2) is 28.9 Å². The number of rotatable bonds is 4. The molecule has 1 atom stereocenters. The van der Waals surface area contributed by atoms with Crippen molar-refractivity contribution in [2.45, 2.75) is 19.9 Å². The molecule has 1 unspecified atom stereocenters. The van der Waals surface area contributed by atoms with Crippen LogP contribution in [0.2, 0.25) is 0 Å². The van der Waals surface area contributed by atoms with Gasteiger partial charge in [-0.15, -0.1) is 0 Å². The van der Waals surface area contributed by atoms with E-state index < -0.39 is 17.7 Å². The second kappa shape index (κ2) is 8.43. The Kier molecular flexibility index (Phi) is 5.42. The molecule has 1 aliphatic heterocycles. The highest BCUT2D eigenvalue weighted by molar-refractivity contribution is 7.22. The fourth-order valence-electron chi connectivity index (χ4n) is 4.15. The minimum Gasteiger partial charge on any atom is -0.507 e. The van der Waals surface area contributed by atoms with Gasteiger partial charge < -0.3 is 9.84 Å². The molecular weight excluding hydrogens is 448 g/mol. The van der Waals surface area contributed by atoms with Crippen LogP contribution in [-0.2, 0) is 9.59 Å². The first-order valence-electron chi connectivity index (χ1n) is 10.8. The lowest BCUT2D eigenvalue weighted by Crippen LogP contribution is -2.29. The Morgan fingerprint density at radius 1 is 1.00 bits per heavy atom. The first kappa shape index (κ1) is 21.9.